The van der Waals surface area contributed by atoms with Gasteiger partial charge in [-0.3, -0.25) is 14.7 Å². The van der Waals surface area contributed by atoms with Crippen LogP contribution in [0.2, 0.25) is 0 Å². The highest BCUT2D eigenvalue weighted by molar-refractivity contribution is 7.22. The molecule has 0 spiro atoms. The number of rotatable bonds is 5. The zero-order valence-electron chi connectivity index (χ0n) is 16.2. The third kappa shape index (κ3) is 4.32. The van der Waals surface area contributed by atoms with E-state index >= 15 is 0 Å². The van der Waals surface area contributed by atoms with Gasteiger partial charge in [0, 0.05) is 6.20 Å². The predicted octanol–water partition coefficient (Wildman–Crippen LogP) is 5.22. The number of nitrogens with zero attached hydrogens (tertiary/aromatic N) is 3. The van der Waals surface area contributed by atoms with Gasteiger partial charge in [0.1, 0.15) is 5.82 Å². The van der Waals surface area contributed by atoms with E-state index < -0.39 is 0 Å². The van der Waals surface area contributed by atoms with Crippen LogP contribution in [0, 0.1) is 19.7 Å². The lowest BCUT2D eigenvalue weighted by atomic mass is 10.1. The molecule has 29 heavy (non-hydrogen) atoms. The molecule has 0 aliphatic rings. The minimum absolute atomic E-state index is 0.102. The molecule has 1 amide bonds. The van der Waals surface area contributed by atoms with Gasteiger partial charge in [0.15, 0.2) is 5.13 Å². The third-order valence-corrected chi connectivity index (χ3v) is 5.88. The molecule has 0 saturated carbocycles. The molecule has 2 aromatic heterocycles. The number of thiazole rings is 1. The zero-order chi connectivity index (χ0) is 20.4. The first kappa shape index (κ1) is 19.2. The number of hydrogen-bond acceptors (Lipinski definition) is 4. The fraction of sp³-hybridized carbons (Fsp3) is 0.174. The van der Waals surface area contributed by atoms with Gasteiger partial charge in [-0.05, 0) is 66.9 Å². The quantitative estimate of drug-likeness (QED) is 0.457. The summed E-state index contributed by atoms with van der Waals surface area (Å²) in [7, 11) is 0. The minimum Gasteiger partial charge on any atom is -0.282 e. The van der Waals surface area contributed by atoms with Crippen molar-refractivity contribution in [3.63, 3.8) is 0 Å². The van der Waals surface area contributed by atoms with Crippen molar-refractivity contribution >= 4 is 32.6 Å². The van der Waals surface area contributed by atoms with Crippen LogP contribution in [-0.2, 0) is 17.8 Å². The molecule has 0 N–H and O–H groups in total. The van der Waals surface area contributed by atoms with Crippen molar-refractivity contribution in [2.75, 3.05) is 4.90 Å². The maximum Gasteiger partial charge on any atom is 0.233 e. The summed E-state index contributed by atoms with van der Waals surface area (Å²) in [6.07, 6.45) is 1.88. The van der Waals surface area contributed by atoms with Gasteiger partial charge in [-0.2, -0.15) is 0 Å². The van der Waals surface area contributed by atoms with Crippen molar-refractivity contribution in [1.82, 2.24) is 9.97 Å². The van der Waals surface area contributed by atoms with Crippen LogP contribution >= 0.6 is 11.3 Å². The summed E-state index contributed by atoms with van der Waals surface area (Å²) < 4.78 is 14.3. The monoisotopic (exact) mass is 405 g/mol. The molecule has 0 aliphatic carbocycles. The molecule has 4 rings (SSSR count). The average molecular weight is 405 g/mol. The second kappa shape index (κ2) is 8.09. The van der Waals surface area contributed by atoms with Crippen LogP contribution in [0.4, 0.5) is 9.52 Å². The lowest BCUT2D eigenvalue weighted by Gasteiger charge is -2.19. The first-order valence-corrected chi connectivity index (χ1v) is 10.1. The second-order valence-electron chi connectivity index (χ2n) is 7.00. The number of anilines is 1. The van der Waals surface area contributed by atoms with Crippen molar-refractivity contribution in [2.45, 2.75) is 26.8 Å². The SMILES string of the molecule is Cc1cc2nc(N(Cc3ccccn3)C(=O)Cc3ccc(F)cc3)sc2cc1C. The Hall–Kier alpha value is -3.12. The molecule has 0 saturated heterocycles. The summed E-state index contributed by atoms with van der Waals surface area (Å²) in [6, 6.07) is 15.8. The molecular weight excluding hydrogens is 385 g/mol. The zero-order valence-corrected chi connectivity index (χ0v) is 17.0. The van der Waals surface area contributed by atoms with E-state index in [1.165, 1.54) is 34.6 Å². The Morgan fingerprint density at radius 2 is 1.83 bits per heavy atom. The standard InChI is InChI=1S/C23H20FN3OS/c1-15-11-20-21(12-16(15)2)29-23(26-20)27(14-19-5-3-4-10-25-19)22(28)13-17-6-8-18(24)9-7-17/h3-12H,13-14H2,1-2H3. The van der Waals surface area contributed by atoms with Crippen LogP contribution in [0.1, 0.15) is 22.4 Å². The van der Waals surface area contributed by atoms with Crippen molar-refractivity contribution in [1.29, 1.82) is 0 Å². The number of carbonyl (C=O) groups excluding carboxylic acids is 1. The number of hydrogen-bond donors (Lipinski definition) is 0. The van der Waals surface area contributed by atoms with Crippen LogP contribution in [0.25, 0.3) is 10.2 Å². The van der Waals surface area contributed by atoms with Gasteiger partial charge in [-0.25, -0.2) is 9.37 Å². The van der Waals surface area contributed by atoms with Crippen LogP contribution in [0.3, 0.4) is 0 Å². The number of amides is 1. The van der Waals surface area contributed by atoms with Crippen molar-refractivity contribution < 1.29 is 9.18 Å². The van der Waals surface area contributed by atoms with E-state index in [2.05, 4.69) is 24.9 Å². The van der Waals surface area contributed by atoms with E-state index in [1.807, 2.05) is 24.3 Å². The Kier molecular flexibility index (Phi) is 5.36. The fourth-order valence-electron chi connectivity index (χ4n) is 3.07. The molecule has 0 bridgehead atoms. The first-order valence-electron chi connectivity index (χ1n) is 9.32. The molecule has 146 valence electrons. The summed E-state index contributed by atoms with van der Waals surface area (Å²) in [6.45, 7) is 4.46. The van der Waals surface area contributed by atoms with E-state index in [1.54, 1.807) is 23.2 Å². The molecule has 0 aliphatic heterocycles. The molecule has 0 fully saturated rings. The average Bonchev–Trinajstić information content (AvgIpc) is 3.11. The lowest BCUT2D eigenvalue weighted by molar-refractivity contribution is -0.118. The van der Waals surface area contributed by atoms with Crippen LogP contribution in [-0.4, -0.2) is 15.9 Å². The maximum atomic E-state index is 13.2. The number of aryl methyl sites for hydroxylation is 2. The van der Waals surface area contributed by atoms with E-state index in [4.69, 9.17) is 4.98 Å². The van der Waals surface area contributed by atoms with Gasteiger partial charge in [-0.1, -0.05) is 29.5 Å². The van der Waals surface area contributed by atoms with Gasteiger partial charge in [-0.15, -0.1) is 0 Å². The molecule has 4 nitrogen and oxygen atoms in total. The van der Waals surface area contributed by atoms with E-state index in [0.717, 1.165) is 21.5 Å². The number of halogens is 1. The van der Waals surface area contributed by atoms with E-state index in [9.17, 15) is 9.18 Å². The number of benzene rings is 2. The van der Waals surface area contributed by atoms with E-state index in [0.29, 0.717) is 11.7 Å². The number of pyridine rings is 1. The van der Waals surface area contributed by atoms with Gasteiger partial charge < -0.3 is 0 Å². The Labute approximate surface area is 172 Å². The molecular formula is C23H20FN3OS. The van der Waals surface area contributed by atoms with Crippen LogP contribution in [0.15, 0.2) is 60.8 Å². The van der Waals surface area contributed by atoms with Crippen molar-refractivity contribution in [3.8, 4) is 0 Å². The van der Waals surface area contributed by atoms with Gasteiger partial charge in [0.05, 0.1) is 28.9 Å². The summed E-state index contributed by atoms with van der Waals surface area (Å²) in [5.41, 5.74) is 4.79. The normalized spacial score (nSPS) is 11.0. The largest absolute Gasteiger partial charge is 0.282 e. The molecule has 4 aromatic rings. The summed E-state index contributed by atoms with van der Waals surface area (Å²) in [5, 5.41) is 0.641. The second-order valence-corrected chi connectivity index (χ2v) is 8.01. The van der Waals surface area contributed by atoms with Gasteiger partial charge >= 0.3 is 0 Å². The van der Waals surface area contributed by atoms with Crippen molar-refractivity contribution in [3.05, 3.63) is 89.0 Å². The fourth-order valence-corrected chi connectivity index (χ4v) is 4.13. The molecule has 0 unspecified atom stereocenters. The molecule has 6 heteroatoms. The Morgan fingerprint density at radius 3 is 2.55 bits per heavy atom. The lowest BCUT2D eigenvalue weighted by Crippen LogP contribution is -2.32. The molecule has 0 radical (unpaired) electrons. The van der Waals surface area contributed by atoms with Crippen molar-refractivity contribution in [2.24, 2.45) is 0 Å². The maximum absolute atomic E-state index is 13.2. The summed E-state index contributed by atoms with van der Waals surface area (Å²) in [5.74, 6) is -0.418. The third-order valence-electron chi connectivity index (χ3n) is 4.84. The predicted molar refractivity (Wildman–Crippen MR) is 115 cm³/mol. The molecule has 2 heterocycles. The molecule has 2 aromatic carbocycles. The minimum atomic E-state index is -0.316. The van der Waals surface area contributed by atoms with Gasteiger partial charge in [0.25, 0.3) is 0 Å². The summed E-state index contributed by atoms with van der Waals surface area (Å²) in [4.78, 5) is 23.9. The van der Waals surface area contributed by atoms with Gasteiger partial charge in [0.2, 0.25) is 5.91 Å². The Bertz CT molecular complexity index is 1120. The highest BCUT2D eigenvalue weighted by Gasteiger charge is 2.21. The number of fused-ring (bicyclic) bond motifs is 1. The van der Waals surface area contributed by atoms with Crippen LogP contribution < -0.4 is 4.90 Å². The Balaban J connectivity index is 1.69. The number of carbonyl (C=O) groups is 1. The highest BCUT2D eigenvalue weighted by Crippen LogP contribution is 2.32. The first-order chi connectivity index (χ1) is 14.0. The highest BCUT2D eigenvalue weighted by atomic mass is 32.1. The summed E-state index contributed by atoms with van der Waals surface area (Å²) >= 11 is 1.50. The number of aromatic nitrogens is 2. The molecule has 0 atom stereocenters. The Morgan fingerprint density at radius 1 is 1.07 bits per heavy atom. The topological polar surface area (TPSA) is 46.1 Å². The smallest absolute Gasteiger partial charge is 0.233 e. The van der Waals surface area contributed by atoms with E-state index in [-0.39, 0.29) is 18.1 Å². The van der Waals surface area contributed by atoms with Crippen LogP contribution in [0.5, 0.6) is 0 Å².